The third-order valence-electron chi connectivity index (χ3n) is 6.62. The molecule has 0 N–H and O–H groups in total. The van der Waals surface area contributed by atoms with Gasteiger partial charge in [0.1, 0.15) is 6.04 Å². The van der Waals surface area contributed by atoms with E-state index < -0.39 is 6.04 Å². The molecule has 2 saturated heterocycles. The quantitative estimate of drug-likeness (QED) is 0.517. The standard InChI is InChI=1S/C24H30ClN3O3/c1-16(2)15-21(28-22(29)17-7-3-4-8-18(17)23(28)30)24(31)27-13-11-26(12-14-27)20-10-6-5-9-19(20)25/h3-6,9-10,16-18,21H,7-8,11-15H2,1-2H3. The second-order valence-corrected chi connectivity index (χ2v) is 9.52. The molecule has 3 aliphatic rings. The van der Waals surface area contributed by atoms with E-state index in [9.17, 15) is 14.4 Å². The Labute approximate surface area is 188 Å². The summed E-state index contributed by atoms with van der Waals surface area (Å²) in [5.41, 5.74) is 0.969. The van der Waals surface area contributed by atoms with Gasteiger partial charge in [-0.3, -0.25) is 19.3 Å². The zero-order valence-corrected chi connectivity index (χ0v) is 18.9. The number of piperazine rings is 1. The van der Waals surface area contributed by atoms with E-state index in [0.717, 1.165) is 5.69 Å². The predicted octanol–water partition coefficient (Wildman–Crippen LogP) is 3.35. The molecule has 31 heavy (non-hydrogen) atoms. The van der Waals surface area contributed by atoms with E-state index >= 15 is 0 Å². The SMILES string of the molecule is CC(C)CC(C(=O)N1CCN(c2ccccc2Cl)CC1)N1C(=O)C2CC=CCC2C1=O. The Bertz CT molecular complexity index is 866. The second-order valence-electron chi connectivity index (χ2n) is 9.11. The summed E-state index contributed by atoms with van der Waals surface area (Å²) in [4.78, 5) is 45.1. The van der Waals surface area contributed by atoms with Crippen LogP contribution in [-0.2, 0) is 14.4 Å². The first-order valence-corrected chi connectivity index (χ1v) is 11.6. The highest BCUT2D eigenvalue weighted by Crippen LogP contribution is 2.37. The summed E-state index contributed by atoms with van der Waals surface area (Å²) in [5, 5.41) is 0.699. The minimum Gasteiger partial charge on any atom is -0.367 e. The molecule has 2 fully saturated rings. The average molecular weight is 444 g/mol. The summed E-state index contributed by atoms with van der Waals surface area (Å²) in [7, 11) is 0. The lowest BCUT2D eigenvalue weighted by atomic mass is 9.85. The Balaban J connectivity index is 1.49. The number of carbonyl (C=O) groups excluding carboxylic acids is 3. The van der Waals surface area contributed by atoms with Crippen molar-refractivity contribution in [2.45, 2.75) is 39.2 Å². The van der Waals surface area contributed by atoms with E-state index in [1.165, 1.54) is 4.90 Å². The highest BCUT2D eigenvalue weighted by molar-refractivity contribution is 6.33. The highest BCUT2D eigenvalue weighted by Gasteiger charge is 2.51. The van der Waals surface area contributed by atoms with Crippen LogP contribution in [0.25, 0.3) is 0 Å². The molecule has 1 aromatic carbocycles. The normalized spacial score (nSPS) is 24.7. The van der Waals surface area contributed by atoms with E-state index in [-0.39, 0.29) is 35.5 Å². The fourth-order valence-corrected chi connectivity index (χ4v) is 5.24. The summed E-state index contributed by atoms with van der Waals surface area (Å²) in [6, 6.07) is 7.00. The van der Waals surface area contributed by atoms with E-state index in [2.05, 4.69) is 4.90 Å². The fraction of sp³-hybridized carbons (Fsp3) is 0.542. The molecule has 0 aromatic heterocycles. The van der Waals surface area contributed by atoms with Crippen molar-refractivity contribution < 1.29 is 14.4 Å². The molecule has 3 atom stereocenters. The molecular weight excluding hydrogens is 414 g/mol. The van der Waals surface area contributed by atoms with Gasteiger partial charge in [-0.25, -0.2) is 0 Å². The van der Waals surface area contributed by atoms with Gasteiger partial charge in [-0.1, -0.05) is 49.7 Å². The highest BCUT2D eigenvalue weighted by atomic mass is 35.5. The van der Waals surface area contributed by atoms with Crippen molar-refractivity contribution in [3.8, 4) is 0 Å². The summed E-state index contributed by atoms with van der Waals surface area (Å²) < 4.78 is 0. The summed E-state index contributed by atoms with van der Waals surface area (Å²) in [6.07, 6.45) is 5.62. The van der Waals surface area contributed by atoms with Crippen LogP contribution < -0.4 is 4.90 Å². The molecule has 1 aromatic rings. The Hall–Kier alpha value is -2.34. The van der Waals surface area contributed by atoms with Gasteiger partial charge >= 0.3 is 0 Å². The number of rotatable bonds is 5. The molecule has 0 spiro atoms. The molecular formula is C24H30ClN3O3. The Kier molecular flexibility index (Phi) is 6.37. The number of imide groups is 1. The van der Waals surface area contributed by atoms with Gasteiger partial charge in [0, 0.05) is 26.2 Å². The van der Waals surface area contributed by atoms with E-state index in [1.807, 2.05) is 50.3 Å². The van der Waals surface area contributed by atoms with E-state index in [0.29, 0.717) is 50.5 Å². The number of hydrogen-bond donors (Lipinski definition) is 0. The lowest BCUT2D eigenvalue weighted by Crippen LogP contribution is -2.56. The Morgan fingerprint density at radius 3 is 2.13 bits per heavy atom. The zero-order chi connectivity index (χ0) is 22.1. The van der Waals surface area contributed by atoms with Crippen molar-refractivity contribution in [2.75, 3.05) is 31.1 Å². The summed E-state index contributed by atoms with van der Waals surface area (Å²) in [5.74, 6) is -0.879. The molecule has 0 bridgehead atoms. The molecule has 166 valence electrons. The maximum Gasteiger partial charge on any atom is 0.246 e. The van der Waals surface area contributed by atoms with Crippen molar-refractivity contribution in [3.05, 3.63) is 41.4 Å². The monoisotopic (exact) mass is 443 g/mol. The molecule has 1 aliphatic carbocycles. The Morgan fingerprint density at radius 2 is 1.58 bits per heavy atom. The first-order chi connectivity index (χ1) is 14.9. The van der Waals surface area contributed by atoms with Crippen LogP contribution in [0, 0.1) is 17.8 Å². The van der Waals surface area contributed by atoms with Gasteiger partial charge in [-0.05, 0) is 37.3 Å². The van der Waals surface area contributed by atoms with Gasteiger partial charge in [-0.15, -0.1) is 0 Å². The van der Waals surface area contributed by atoms with Crippen LogP contribution in [0.5, 0.6) is 0 Å². The predicted molar refractivity (Wildman–Crippen MR) is 121 cm³/mol. The first kappa shape index (κ1) is 21.9. The van der Waals surface area contributed by atoms with E-state index in [4.69, 9.17) is 11.6 Å². The number of amides is 3. The maximum absolute atomic E-state index is 13.5. The number of hydrogen-bond acceptors (Lipinski definition) is 4. The molecule has 0 radical (unpaired) electrons. The molecule has 4 rings (SSSR count). The average Bonchev–Trinajstić information content (AvgIpc) is 3.02. The van der Waals surface area contributed by atoms with Crippen molar-refractivity contribution in [2.24, 2.45) is 17.8 Å². The largest absolute Gasteiger partial charge is 0.367 e. The minimum absolute atomic E-state index is 0.110. The summed E-state index contributed by atoms with van der Waals surface area (Å²) >= 11 is 6.33. The molecule has 6 nitrogen and oxygen atoms in total. The van der Waals surface area contributed by atoms with Crippen LogP contribution in [0.4, 0.5) is 5.69 Å². The number of para-hydroxylation sites is 1. The number of allylic oxidation sites excluding steroid dienone is 2. The third kappa shape index (κ3) is 4.22. The molecule has 7 heteroatoms. The van der Waals surface area contributed by atoms with Crippen LogP contribution in [0.3, 0.4) is 0 Å². The number of nitrogens with zero attached hydrogens (tertiary/aromatic N) is 3. The van der Waals surface area contributed by atoms with Gasteiger partial charge in [0.25, 0.3) is 0 Å². The summed E-state index contributed by atoms with van der Waals surface area (Å²) in [6.45, 7) is 6.47. The number of carbonyl (C=O) groups is 3. The van der Waals surface area contributed by atoms with Gasteiger partial charge in [0.2, 0.25) is 17.7 Å². The minimum atomic E-state index is -0.711. The third-order valence-corrected chi connectivity index (χ3v) is 6.94. The first-order valence-electron chi connectivity index (χ1n) is 11.2. The number of fused-ring (bicyclic) bond motifs is 1. The van der Waals surface area contributed by atoms with Crippen molar-refractivity contribution >= 4 is 35.0 Å². The van der Waals surface area contributed by atoms with Crippen LogP contribution in [0.1, 0.15) is 33.1 Å². The molecule has 2 heterocycles. The van der Waals surface area contributed by atoms with Gasteiger partial charge < -0.3 is 9.80 Å². The molecule has 3 amide bonds. The number of anilines is 1. The molecule has 2 aliphatic heterocycles. The van der Waals surface area contributed by atoms with Gasteiger partial charge in [0.15, 0.2) is 0 Å². The number of halogens is 1. The topological polar surface area (TPSA) is 60.9 Å². The van der Waals surface area contributed by atoms with Crippen molar-refractivity contribution in [1.29, 1.82) is 0 Å². The van der Waals surface area contributed by atoms with Crippen molar-refractivity contribution in [1.82, 2.24) is 9.80 Å². The molecule has 0 saturated carbocycles. The van der Waals surface area contributed by atoms with Gasteiger partial charge in [-0.2, -0.15) is 0 Å². The fourth-order valence-electron chi connectivity index (χ4n) is 4.98. The number of likely N-dealkylation sites (tertiary alicyclic amines) is 1. The lowest BCUT2D eigenvalue weighted by Gasteiger charge is -2.39. The Morgan fingerprint density at radius 1 is 1.00 bits per heavy atom. The maximum atomic E-state index is 13.5. The van der Waals surface area contributed by atoms with Crippen LogP contribution in [-0.4, -0.2) is 59.7 Å². The van der Waals surface area contributed by atoms with E-state index in [1.54, 1.807) is 4.90 Å². The molecule has 3 unspecified atom stereocenters. The van der Waals surface area contributed by atoms with Crippen LogP contribution in [0.15, 0.2) is 36.4 Å². The number of benzene rings is 1. The van der Waals surface area contributed by atoms with Gasteiger partial charge in [0.05, 0.1) is 22.5 Å². The lowest BCUT2D eigenvalue weighted by molar-refractivity contribution is -0.152. The second kappa shape index (κ2) is 9.03. The van der Waals surface area contributed by atoms with Crippen molar-refractivity contribution in [3.63, 3.8) is 0 Å². The van der Waals surface area contributed by atoms with Crippen LogP contribution in [0.2, 0.25) is 5.02 Å². The zero-order valence-electron chi connectivity index (χ0n) is 18.2. The van der Waals surface area contributed by atoms with Crippen LogP contribution >= 0.6 is 11.6 Å². The smallest absolute Gasteiger partial charge is 0.246 e.